The molecule has 136 valence electrons. The van der Waals surface area contributed by atoms with Gasteiger partial charge >= 0.3 is 0 Å². The normalized spacial score (nSPS) is 13.3. The smallest absolute Gasteiger partial charge is 0.248 e. The zero-order valence-electron chi connectivity index (χ0n) is 14.0. The molecule has 0 fully saturated rings. The van der Waals surface area contributed by atoms with Crippen molar-refractivity contribution in [2.24, 2.45) is 0 Å². The van der Waals surface area contributed by atoms with Gasteiger partial charge in [0.1, 0.15) is 11.6 Å². The maximum Gasteiger partial charge on any atom is 0.248 e. The van der Waals surface area contributed by atoms with Crippen molar-refractivity contribution in [3.8, 4) is 5.75 Å². The summed E-state index contributed by atoms with van der Waals surface area (Å²) in [5.74, 6) is -0.285. The number of halogens is 1. The molecule has 0 atom stereocenters. The van der Waals surface area contributed by atoms with Crippen LogP contribution in [-0.4, -0.2) is 27.2 Å². The van der Waals surface area contributed by atoms with Gasteiger partial charge in [-0.3, -0.25) is 9.52 Å². The van der Waals surface area contributed by atoms with Crippen LogP contribution in [0.25, 0.3) is 6.08 Å². The predicted octanol–water partition coefficient (Wildman–Crippen LogP) is 2.78. The monoisotopic (exact) mass is 376 g/mol. The number of carbonyl (C=O) groups is 1. The van der Waals surface area contributed by atoms with Crippen molar-refractivity contribution in [3.63, 3.8) is 0 Å². The molecule has 0 saturated heterocycles. The lowest BCUT2D eigenvalue weighted by Crippen LogP contribution is -2.12. The third-order valence-corrected chi connectivity index (χ3v) is 4.26. The van der Waals surface area contributed by atoms with Crippen molar-refractivity contribution in [1.29, 1.82) is 0 Å². The van der Waals surface area contributed by atoms with Crippen LogP contribution in [0.15, 0.2) is 42.5 Å². The number of fused-ring (bicyclic) bond motifs is 1. The number of benzene rings is 2. The molecule has 0 aliphatic carbocycles. The standard InChI is InChI=1S/C18H17FN2O4S/c1-26(23,24)21-16-11-14(4-5-15(16)19)20-18(22)7-3-12-2-6-17-13(10-12)8-9-25-17/h2-7,10-11,21H,8-9H2,1H3,(H,20,22)/b7-3+. The molecule has 1 aliphatic rings. The molecule has 6 nitrogen and oxygen atoms in total. The van der Waals surface area contributed by atoms with Crippen LogP contribution >= 0.6 is 0 Å². The Morgan fingerprint density at radius 1 is 1.23 bits per heavy atom. The zero-order chi connectivity index (χ0) is 18.7. The Bertz CT molecular complexity index is 987. The van der Waals surface area contributed by atoms with Crippen molar-refractivity contribution in [1.82, 2.24) is 0 Å². The number of ether oxygens (including phenoxy) is 1. The number of hydrogen-bond acceptors (Lipinski definition) is 4. The fraction of sp³-hybridized carbons (Fsp3) is 0.167. The molecule has 0 spiro atoms. The highest BCUT2D eigenvalue weighted by Crippen LogP contribution is 2.26. The topological polar surface area (TPSA) is 84.5 Å². The SMILES string of the molecule is CS(=O)(=O)Nc1cc(NC(=O)/C=C/c2ccc3c(c2)CCO3)ccc1F. The summed E-state index contributed by atoms with van der Waals surface area (Å²) in [6.45, 7) is 0.664. The first-order valence-electron chi connectivity index (χ1n) is 7.82. The maximum absolute atomic E-state index is 13.7. The molecular formula is C18H17FN2O4S. The molecule has 8 heteroatoms. The van der Waals surface area contributed by atoms with Crippen LogP contribution in [0.4, 0.5) is 15.8 Å². The lowest BCUT2D eigenvalue weighted by Gasteiger charge is -2.08. The molecule has 0 unspecified atom stereocenters. The van der Waals surface area contributed by atoms with E-state index in [1.54, 1.807) is 6.08 Å². The van der Waals surface area contributed by atoms with Gasteiger partial charge in [0, 0.05) is 18.2 Å². The van der Waals surface area contributed by atoms with Gasteiger partial charge in [-0.2, -0.15) is 0 Å². The largest absolute Gasteiger partial charge is 0.493 e. The first-order chi connectivity index (χ1) is 12.3. The maximum atomic E-state index is 13.7. The first kappa shape index (κ1) is 17.9. The Labute approximate surface area is 150 Å². The van der Waals surface area contributed by atoms with Gasteiger partial charge in [0.15, 0.2) is 0 Å². The van der Waals surface area contributed by atoms with E-state index in [0.717, 1.165) is 35.6 Å². The Kier molecular flexibility index (Phi) is 4.94. The van der Waals surface area contributed by atoms with E-state index in [9.17, 15) is 17.6 Å². The van der Waals surface area contributed by atoms with Gasteiger partial charge in [0.05, 0.1) is 18.6 Å². The zero-order valence-corrected chi connectivity index (χ0v) is 14.8. The third-order valence-electron chi connectivity index (χ3n) is 3.67. The van der Waals surface area contributed by atoms with Crippen LogP contribution < -0.4 is 14.8 Å². The number of anilines is 2. The number of amides is 1. The summed E-state index contributed by atoms with van der Waals surface area (Å²) in [5, 5.41) is 2.57. The molecule has 0 bridgehead atoms. The molecule has 1 amide bonds. The van der Waals surface area contributed by atoms with Crippen LogP contribution in [0.1, 0.15) is 11.1 Å². The van der Waals surface area contributed by atoms with Crippen LogP contribution in [0.3, 0.4) is 0 Å². The molecule has 1 aliphatic heterocycles. The second-order valence-electron chi connectivity index (χ2n) is 5.86. The van der Waals surface area contributed by atoms with Gasteiger partial charge in [0.2, 0.25) is 15.9 Å². The van der Waals surface area contributed by atoms with Crippen LogP contribution in [-0.2, 0) is 21.2 Å². The lowest BCUT2D eigenvalue weighted by molar-refractivity contribution is -0.111. The molecule has 2 N–H and O–H groups in total. The summed E-state index contributed by atoms with van der Waals surface area (Å²) < 4.78 is 43.6. The van der Waals surface area contributed by atoms with E-state index >= 15 is 0 Å². The number of rotatable bonds is 5. The minimum Gasteiger partial charge on any atom is -0.493 e. The van der Waals surface area contributed by atoms with E-state index in [-0.39, 0.29) is 11.4 Å². The molecule has 26 heavy (non-hydrogen) atoms. The minimum absolute atomic E-state index is 0.229. The quantitative estimate of drug-likeness (QED) is 0.786. The molecule has 1 heterocycles. The fourth-order valence-electron chi connectivity index (χ4n) is 2.55. The van der Waals surface area contributed by atoms with Gasteiger partial charge in [-0.1, -0.05) is 6.07 Å². The van der Waals surface area contributed by atoms with Crippen molar-refractivity contribution < 1.29 is 22.3 Å². The van der Waals surface area contributed by atoms with Crippen molar-refractivity contribution in [3.05, 3.63) is 59.4 Å². The average molecular weight is 376 g/mol. The van der Waals surface area contributed by atoms with E-state index in [1.165, 1.54) is 18.2 Å². The first-order valence-corrected chi connectivity index (χ1v) is 9.71. The minimum atomic E-state index is -3.62. The Hall–Kier alpha value is -2.87. The Balaban J connectivity index is 1.69. The molecule has 0 saturated carbocycles. The summed E-state index contributed by atoms with van der Waals surface area (Å²) in [6, 6.07) is 9.31. The fourth-order valence-corrected chi connectivity index (χ4v) is 3.10. The van der Waals surface area contributed by atoms with Crippen LogP contribution in [0.2, 0.25) is 0 Å². The van der Waals surface area contributed by atoms with Crippen molar-refractivity contribution in [2.45, 2.75) is 6.42 Å². The summed E-state index contributed by atoms with van der Waals surface area (Å²) in [7, 11) is -3.62. The molecule has 2 aromatic rings. The van der Waals surface area contributed by atoms with Crippen LogP contribution in [0, 0.1) is 5.82 Å². The van der Waals surface area contributed by atoms with Crippen molar-refractivity contribution >= 4 is 33.4 Å². The van der Waals surface area contributed by atoms with E-state index in [2.05, 4.69) is 10.0 Å². The predicted molar refractivity (Wildman–Crippen MR) is 98.2 cm³/mol. The van der Waals surface area contributed by atoms with Gasteiger partial charge in [0.25, 0.3) is 0 Å². The second-order valence-corrected chi connectivity index (χ2v) is 7.61. The number of carbonyl (C=O) groups excluding carboxylic acids is 1. The van der Waals surface area contributed by atoms with Gasteiger partial charge < -0.3 is 10.1 Å². The number of sulfonamides is 1. The number of hydrogen-bond donors (Lipinski definition) is 2. The molecule has 0 aromatic heterocycles. The van der Waals surface area contributed by atoms with Gasteiger partial charge in [-0.25, -0.2) is 12.8 Å². The summed E-state index contributed by atoms with van der Waals surface area (Å²) >= 11 is 0. The van der Waals surface area contributed by atoms with Gasteiger partial charge in [-0.05, 0) is 47.5 Å². The second kappa shape index (κ2) is 7.17. The van der Waals surface area contributed by atoms with Gasteiger partial charge in [-0.15, -0.1) is 0 Å². The molecule has 2 aromatic carbocycles. The molecular weight excluding hydrogens is 359 g/mol. The van der Waals surface area contributed by atoms with Crippen LogP contribution in [0.5, 0.6) is 5.75 Å². The average Bonchev–Trinajstić information content (AvgIpc) is 3.02. The van der Waals surface area contributed by atoms with E-state index in [1.807, 2.05) is 18.2 Å². The number of nitrogens with one attached hydrogen (secondary N) is 2. The Morgan fingerprint density at radius 2 is 2.04 bits per heavy atom. The summed E-state index contributed by atoms with van der Waals surface area (Å²) in [4.78, 5) is 12.0. The van der Waals surface area contributed by atoms with E-state index in [0.29, 0.717) is 6.61 Å². The van der Waals surface area contributed by atoms with Crippen molar-refractivity contribution in [2.75, 3.05) is 22.9 Å². The Morgan fingerprint density at radius 3 is 2.81 bits per heavy atom. The molecule has 3 rings (SSSR count). The highest BCUT2D eigenvalue weighted by molar-refractivity contribution is 7.92. The summed E-state index contributed by atoms with van der Waals surface area (Å²) in [6.07, 6.45) is 4.77. The lowest BCUT2D eigenvalue weighted by atomic mass is 10.1. The van der Waals surface area contributed by atoms with E-state index < -0.39 is 21.7 Å². The highest BCUT2D eigenvalue weighted by atomic mass is 32.2. The van der Waals surface area contributed by atoms with E-state index in [4.69, 9.17) is 4.74 Å². The third kappa shape index (κ3) is 4.60. The molecule has 0 radical (unpaired) electrons. The highest BCUT2D eigenvalue weighted by Gasteiger charge is 2.12. The summed E-state index contributed by atoms with van der Waals surface area (Å²) in [5.41, 5.74) is 2.01.